The summed E-state index contributed by atoms with van der Waals surface area (Å²) in [7, 11) is 1.56. The molecule has 1 aliphatic carbocycles. The van der Waals surface area contributed by atoms with Gasteiger partial charge in [0.05, 0.1) is 12.8 Å². The van der Waals surface area contributed by atoms with E-state index in [0.717, 1.165) is 42.8 Å². The Morgan fingerprint density at radius 3 is 2.41 bits per heavy atom. The molecule has 5 N–H and O–H groups in total. The fraction of sp³-hybridized carbons (Fsp3) is 0.333. The molecule has 0 bridgehead atoms. The number of nitrogens with two attached hydrogens (primary N) is 2. The molecule has 2 aromatic carbocycles. The maximum Gasteiger partial charge on any atom is 0.273 e. The minimum Gasteiger partial charge on any atom is -0.497 e. The van der Waals surface area contributed by atoms with Gasteiger partial charge in [0.2, 0.25) is 5.91 Å². The quantitative estimate of drug-likeness (QED) is 0.391. The van der Waals surface area contributed by atoms with Gasteiger partial charge in [0, 0.05) is 11.7 Å². The third-order valence-corrected chi connectivity index (χ3v) is 7.50. The number of nitrogen functional groups attached to an aromatic ring is 1. The second-order valence-electron chi connectivity index (χ2n) is 8.96. The molecule has 1 saturated carbocycles. The summed E-state index contributed by atoms with van der Waals surface area (Å²) in [6.07, 6.45) is 4.51. The van der Waals surface area contributed by atoms with Crippen LogP contribution < -0.4 is 26.4 Å². The molecule has 3 amide bonds. The van der Waals surface area contributed by atoms with Crippen molar-refractivity contribution in [2.45, 2.75) is 51.1 Å². The number of aryl methyl sites for hydroxylation is 1. The van der Waals surface area contributed by atoms with Gasteiger partial charge < -0.3 is 21.5 Å². The van der Waals surface area contributed by atoms with Crippen LogP contribution in [0.15, 0.2) is 48.5 Å². The maximum atomic E-state index is 14.2. The fourth-order valence-corrected chi connectivity index (χ4v) is 5.45. The predicted octanol–water partition coefficient (Wildman–Crippen LogP) is 3.84. The molecule has 0 aliphatic heterocycles. The Balaban J connectivity index is 1.88. The predicted molar refractivity (Wildman–Crippen MR) is 144 cm³/mol. The first kappa shape index (κ1) is 26.2. The van der Waals surface area contributed by atoms with Crippen molar-refractivity contribution < 1.29 is 19.1 Å². The van der Waals surface area contributed by atoms with Crippen molar-refractivity contribution >= 4 is 40.6 Å². The highest BCUT2D eigenvalue weighted by Gasteiger charge is 2.37. The van der Waals surface area contributed by atoms with Crippen LogP contribution in [0.2, 0.25) is 0 Å². The number of hydrogen-bond donors (Lipinski definition) is 3. The van der Waals surface area contributed by atoms with Gasteiger partial charge >= 0.3 is 0 Å². The van der Waals surface area contributed by atoms with Crippen molar-refractivity contribution in [3.8, 4) is 5.75 Å². The minimum absolute atomic E-state index is 0.0431. The van der Waals surface area contributed by atoms with Crippen molar-refractivity contribution in [3.05, 3.63) is 70.2 Å². The first-order chi connectivity index (χ1) is 17.8. The number of carbonyl (C=O) groups excluding carboxylic acids is 3. The number of benzene rings is 2. The molecular formula is C27H31N5O4S. The average Bonchev–Trinajstić information content (AvgIpc) is 3.56. The molecule has 10 heteroatoms. The van der Waals surface area contributed by atoms with E-state index in [1.54, 1.807) is 31.4 Å². The summed E-state index contributed by atoms with van der Waals surface area (Å²) in [4.78, 5) is 41.5. The molecule has 194 valence electrons. The van der Waals surface area contributed by atoms with E-state index in [1.807, 2.05) is 31.2 Å². The summed E-state index contributed by atoms with van der Waals surface area (Å²) in [5.41, 5.74) is 13.4. The van der Waals surface area contributed by atoms with Gasteiger partial charge in [-0.1, -0.05) is 50.1 Å². The molecule has 3 aromatic rings. The van der Waals surface area contributed by atoms with E-state index >= 15 is 0 Å². The number of aromatic nitrogens is 1. The molecule has 1 heterocycles. The van der Waals surface area contributed by atoms with Gasteiger partial charge in [0.15, 0.2) is 5.69 Å². The number of carbonyl (C=O) groups is 3. The largest absolute Gasteiger partial charge is 0.497 e. The highest BCUT2D eigenvalue weighted by molar-refractivity contribution is 7.09. The third-order valence-electron chi connectivity index (χ3n) is 6.65. The Bertz CT molecular complexity index is 1280. The molecule has 1 unspecified atom stereocenters. The zero-order chi connectivity index (χ0) is 26.5. The summed E-state index contributed by atoms with van der Waals surface area (Å²) >= 11 is 0.794. The number of para-hydroxylation sites is 1. The highest BCUT2D eigenvalue weighted by atomic mass is 32.1. The smallest absolute Gasteiger partial charge is 0.273 e. The molecule has 0 spiro atoms. The molecule has 9 nitrogen and oxygen atoms in total. The number of rotatable bonds is 9. The van der Waals surface area contributed by atoms with Crippen LogP contribution in [-0.2, 0) is 11.2 Å². The van der Waals surface area contributed by atoms with E-state index in [2.05, 4.69) is 9.69 Å². The van der Waals surface area contributed by atoms with Crippen LogP contribution in [0.3, 0.4) is 0 Å². The summed E-state index contributed by atoms with van der Waals surface area (Å²) in [6.45, 7) is 1.98. The summed E-state index contributed by atoms with van der Waals surface area (Å²) < 4.78 is 9.32. The van der Waals surface area contributed by atoms with Crippen LogP contribution in [0.4, 0.5) is 11.4 Å². The fourth-order valence-electron chi connectivity index (χ4n) is 4.70. The minimum atomic E-state index is -1.01. The number of primary amides is 1. The second kappa shape index (κ2) is 11.4. The lowest BCUT2D eigenvalue weighted by Gasteiger charge is -2.33. The van der Waals surface area contributed by atoms with Gasteiger partial charge in [-0.05, 0) is 60.1 Å². The van der Waals surface area contributed by atoms with Crippen LogP contribution >= 0.6 is 11.5 Å². The molecule has 37 heavy (non-hydrogen) atoms. The zero-order valence-electron chi connectivity index (χ0n) is 20.9. The lowest BCUT2D eigenvalue weighted by molar-refractivity contribution is -0.123. The average molecular weight is 522 g/mol. The normalized spacial score (nSPS) is 14.2. The highest BCUT2D eigenvalue weighted by Crippen LogP contribution is 2.36. The summed E-state index contributed by atoms with van der Waals surface area (Å²) in [5.74, 6) is -1.03. The molecule has 1 aliphatic rings. The van der Waals surface area contributed by atoms with Crippen molar-refractivity contribution in [2.24, 2.45) is 5.73 Å². The van der Waals surface area contributed by atoms with E-state index in [-0.39, 0.29) is 28.2 Å². The van der Waals surface area contributed by atoms with Gasteiger partial charge in [-0.2, -0.15) is 4.37 Å². The number of ether oxygens (including phenoxy) is 1. The van der Waals surface area contributed by atoms with Crippen LogP contribution in [0, 0.1) is 0 Å². The number of nitrogens with one attached hydrogen (secondary N) is 1. The lowest BCUT2D eigenvalue weighted by atomic mass is 9.99. The Kier molecular flexibility index (Phi) is 8.08. The van der Waals surface area contributed by atoms with Crippen LogP contribution in [0.1, 0.15) is 69.9 Å². The molecule has 1 atom stereocenters. The van der Waals surface area contributed by atoms with E-state index in [0.29, 0.717) is 23.4 Å². The monoisotopic (exact) mass is 521 g/mol. The van der Waals surface area contributed by atoms with Gasteiger partial charge in [-0.25, -0.2) is 0 Å². The van der Waals surface area contributed by atoms with Crippen LogP contribution in [-0.4, -0.2) is 35.2 Å². The van der Waals surface area contributed by atoms with Crippen LogP contribution in [0.25, 0.3) is 0 Å². The van der Waals surface area contributed by atoms with Crippen molar-refractivity contribution in [3.63, 3.8) is 0 Å². The molecule has 0 radical (unpaired) electrons. The first-order valence-corrected chi connectivity index (χ1v) is 13.0. The van der Waals surface area contributed by atoms with Crippen LogP contribution in [0.5, 0.6) is 5.75 Å². The van der Waals surface area contributed by atoms with E-state index < -0.39 is 17.9 Å². The standard InChI is InChI=1S/C27H31N5O4S/c1-3-16-8-4-7-11-20(16)32(27(35)24-21(28)22(25(29)33)31-37-24)23(17-12-14-19(36-2)15-13-17)26(34)30-18-9-5-6-10-18/h4,7-8,11-15,18,23H,3,5-6,9-10,28H2,1-2H3,(H2,29,33)(H,30,34). The molecule has 0 saturated heterocycles. The molecule has 1 aromatic heterocycles. The summed E-state index contributed by atoms with van der Waals surface area (Å²) in [6, 6.07) is 13.5. The molecule has 1 fully saturated rings. The number of anilines is 2. The maximum absolute atomic E-state index is 14.2. The second-order valence-corrected chi connectivity index (χ2v) is 9.73. The Hall–Kier alpha value is -3.92. The van der Waals surface area contributed by atoms with Gasteiger partial charge in [0.25, 0.3) is 11.8 Å². The Morgan fingerprint density at radius 1 is 1.14 bits per heavy atom. The van der Waals surface area contributed by atoms with E-state index in [9.17, 15) is 14.4 Å². The van der Waals surface area contributed by atoms with Crippen molar-refractivity contribution in [1.29, 1.82) is 0 Å². The Morgan fingerprint density at radius 2 is 1.81 bits per heavy atom. The zero-order valence-corrected chi connectivity index (χ0v) is 21.7. The van der Waals surface area contributed by atoms with Gasteiger partial charge in [-0.15, -0.1) is 0 Å². The number of hydrogen-bond acceptors (Lipinski definition) is 7. The van der Waals surface area contributed by atoms with Crippen molar-refractivity contribution in [1.82, 2.24) is 9.69 Å². The molecular weight excluding hydrogens is 490 g/mol. The molecule has 4 rings (SSSR count). The number of methoxy groups -OCH3 is 1. The topological polar surface area (TPSA) is 141 Å². The summed E-state index contributed by atoms with van der Waals surface area (Å²) in [5, 5.41) is 3.16. The van der Waals surface area contributed by atoms with Gasteiger partial charge in [-0.3, -0.25) is 19.3 Å². The van der Waals surface area contributed by atoms with E-state index in [4.69, 9.17) is 16.2 Å². The first-order valence-electron chi connectivity index (χ1n) is 12.3. The lowest BCUT2D eigenvalue weighted by Crippen LogP contribution is -2.46. The van der Waals surface area contributed by atoms with Crippen molar-refractivity contribution in [2.75, 3.05) is 17.7 Å². The third kappa shape index (κ3) is 5.43. The van der Waals surface area contributed by atoms with E-state index in [1.165, 1.54) is 4.90 Å². The number of amides is 3. The number of nitrogens with zero attached hydrogens (tertiary/aromatic N) is 2. The van der Waals surface area contributed by atoms with Gasteiger partial charge in [0.1, 0.15) is 16.7 Å². The SMILES string of the molecule is CCc1ccccc1N(C(=O)c1snc(C(N)=O)c1N)C(C(=O)NC1CCCC1)c1ccc(OC)cc1. The Labute approximate surface area is 220 Å².